The molecule has 0 saturated heterocycles. The van der Waals surface area contributed by atoms with Crippen LogP contribution in [-0.4, -0.2) is 42.4 Å². The van der Waals surface area contributed by atoms with E-state index in [1.54, 1.807) is 51.4 Å². The number of aryl methyl sites for hydroxylation is 1. The fourth-order valence-electron chi connectivity index (χ4n) is 2.92. The molecule has 2 aromatic carbocycles. The highest BCUT2D eigenvalue weighted by Gasteiger charge is 2.25. The molecular weight excluding hydrogens is 400 g/mol. The Labute approximate surface area is 179 Å². The Morgan fingerprint density at radius 1 is 1.10 bits per heavy atom. The predicted octanol–water partition coefficient (Wildman–Crippen LogP) is 3.92. The van der Waals surface area contributed by atoms with Crippen molar-refractivity contribution in [2.45, 2.75) is 6.92 Å². The van der Waals surface area contributed by atoms with Crippen molar-refractivity contribution in [3.63, 3.8) is 0 Å². The number of hydrazone groups is 1. The van der Waals surface area contributed by atoms with Gasteiger partial charge in [0.25, 0.3) is 0 Å². The van der Waals surface area contributed by atoms with Gasteiger partial charge in [0, 0.05) is 12.7 Å². The van der Waals surface area contributed by atoms with Crippen molar-refractivity contribution in [1.29, 1.82) is 0 Å². The molecule has 3 aromatic rings. The van der Waals surface area contributed by atoms with Gasteiger partial charge in [0.1, 0.15) is 5.69 Å². The van der Waals surface area contributed by atoms with Crippen molar-refractivity contribution in [3.05, 3.63) is 69.9 Å². The van der Waals surface area contributed by atoms with E-state index in [-0.39, 0.29) is 23.1 Å². The summed E-state index contributed by atoms with van der Waals surface area (Å²) in [5.74, 6) is 1.47. The van der Waals surface area contributed by atoms with Gasteiger partial charge in [0.15, 0.2) is 11.5 Å². The average molecular weight is 422 g/mol. The Balaban J connectivity index is 1.89. The molecule has 10 nitrogen and oxygen atoms in total. The monoisotopic (exact) mass is 422 g/mol. The van der Waals surface area contributed by atoms with Gasteiger partial charge in [0.05, 0.1) is 25.4 Å². The van der Waals surface area contributed by atoms with E-state index in [0.717, 1.165) is 11.3 Å². The molecule has 31 heavy (non-hydrogen) atoms. The number of rotatable bonds is 8. The summed E-state index contributed by atoms with van der Waals surface area (Å²) < 4.78 is 10.5. The molecule has 0 bridgehead atoms. The maximum absolute atomic E-state index is 11.6. The predicted molar refractivity (Wildman–Crippen MR) is 119 cm³/mol. The van der Waals surface area contributed by atoms with E-state index in [4.69, 9.17) is 9.47 Å². The lowest BCUT2D eigenvalue weighted by molar-refractivity contribution is -0.385. The number of para-hydroxylation sites is 1. The van der Waals surface area contributed by atoms with Crippen molar-refractivity contribution in [3.8, 4) is 11.5 Å². The Kier molecular flexibility index (Phi) is 6.61. The number of benzene rings is 2. The van der Waals surface area contributed by atoms with Gasteiger partial charge in [-0.25, -0.2) is 10.4 Å². The first-order valence-corrected chi connectivity index (χ1v) is 9.27. The van der Waals surface area contributed by atoms with Crippen LogP contribution in [0.2, 0.25) is 0 Å². The zero-order chi connectivity index (χ0) is 22.4. The molecule has 10 heteroatoms. The third-order valence-electron chi connectivity index (χ3n) is 4.47. The standard InChI is InChI=1S/C21H22N6O4/c1-14-19(27(28)29)20(26(2)16-8-6-5-7-9-16)24-21(23-14)25-22-13-15-10-11-17(30-3)18(12-15)31-4/h5-13H,1-4H3,(H,23,24,25). The molecule has 0 aliphatic rings. The van der Waals surface area contributed by atoms with E-state index in [2.05, 4.69) is 20.5 Å². The molecule has 1 aromatic heterocycles. The molecular formula is C21H22N6O4. The number of aromatic nitrogens is 2. The van der Waals surface area contributed by atoms with Gasteiger partial charge in [-0.2, -0.15) is 10.1 Å². The molecule has 0 saturated carbocycles. The zero-order valence-corrected chi connectivity index (χ0v) is 17.6. The molecule has 1 heterocycles. The van der Waals surface area contributed by atoms with Crippen molar-refractivity contribution < 1.29 is 14.4 Å². The Morgan fingerprint density at radius 2 is 1.81 bits per heavy atom. The van der Waals surface area contributed by atoms with E-state index in [1.165, 1.54) is 0 Å². The van der Waals surface area contributed by atoms with Crippen LogP contribution in [0.5, 0.6) is 11.5 Å². The van der Waals surface area contributed by atoms with Crippen molar-refractivity contribution in [2.24, 2.45) is 5.10 Å². The highest BCUT2D eigenvalue weighted by atomic mass is 16.6. The summed E-state index contributed by atoms with van der Waals surface area (Å²) >= 11 is 0. The van der Waals surface area contributed by atoms with Crippen molar-refractivity contribution in [2.75, 3.05) is 31.6 Å². The third kappa shape index (κ3) is 4.86. The van der Waals surface area contributed by atoms with Crippen LogP contribution in [0.1, 0.15) is 11.3 Å². The second kappa shape index (κ2) is 9.53. The maximum atomic E-state index is 11.6. The van der Waals surface area contributed by atoms with Crippen molar-refractivity contribution in [1.82, 2.24) is 9.97 Å². The lowest BCUT2D eigenvalue weighted by Crippen LogP contribution is -2.16. The highest BCUT2D eigenvalue weighted by molar-refractivity contribution is 5.81. The van der Waals surface area contributed by atoms with Gasteiger partial charge in [-0.3, -0.25) is 10.1 Å². The lowest BCUT2D eigenvalue weighted by atomic mass is 10.2. The Morgan fingerprint density at radius 3 is 2.45 bits per heavy atom. The molecule has 0 fully saturated rings. The zero-order valence-electron chi connectivity index (χ0n) is 17.6. The number of methoxy groups -OCH3 is 2. The minimum Gasteiger partial charge on any atom is -0.493 e. The third-order valence-corrected chi connectivity index (χ3v) is 4.47. The van der Waals surface area contributed by atoms with Crippen LogP contribution in [-0.2, 0) is 0 Å². The van der Waals surface area contributed by atoms with Gasteiger partial charge in [-0.1, -0.05) is 18.2 Å². The summed E-state index contributed by atoms with van der Waals surface area (Å²) in [6, 6.07) is 14.6. The number of ether oxygens (including phenoxy) is 2. The van der Waals surface area contributed by atoms with Crippen molar-refractivity contribution >= 4 is 29.4 Å². The maximum Gasteiger partial charge on any atom is 0.333 e. The Hall–Kier alpha value is -4.21. The summed E-state index contributed by atoms with van der Waals surface area (Å²) in [6.07, 6.45) is 1.56. The first-order chi connectivity index (χ1) is 14.9. The number of hydrogen-bond donors (Lipinski definition) is 1. The number of nitrogens with one attached hydrogen (secondary N) is 1. The molecule has 0 unspecified atom stereocenters. The van der Waals surface area contributed by atoms with Gasteiger partial charge in [0.2, 0.25) is 11.8 Å². The Bertz CT molecular complexity index is 1100. The van der Waals surface area contributed by atoms with E-state index in [9.17, 15) is 10.1 Å². The minimum absolute atomic E-state index is 0.137. The summed E-state index contributed by atoms with van der Waals surface area (Å²) in [5, 5.41) is 15.8. The minimum atomic E-state index is -0.485. The number of anilines is 3. The largest absolute Gasteiger partial charge is 0.493 e. The van der Waals surface area contributed by atoms with Crippen LogP contribution in [0.25, 0.3) is 0 Å². The second-order valence-corrected chi connectivity index (χ2v) is 6.44. The number of nitro groups is 1. The molecule has 0 atom stereocenters. The fraction of sp³-hybridized carbons (Fsp3) is 0.190. The van der Waals surface area contributed by atoms with Gasteiger partial charge in [-0.05, 0) is 42.8 Å². The van der Waals surface area contributed by atoms with E-state index < -0.39 is 4.92 Å². The molecule has 160 valence electrons. The lowest BCUT2D eigenvalue weighted by Gasteiger charge is -2.19. The van der Waals surface area contributed by atoms with Crippen LogP contribution in [0.15, 0.2) is 53.6 Å². The summed E-state index contributed by atoms with van der Waals surface area (Å²) in [5.41, 5.74) is 4.30. The normalized spacial score (nSPS) is 10.7. The quantitative estimate of drug-likeness (QED) is 0.330. The fourth-order valence-corrected chi connectivity index (χ4v) is 2.92. The topological polar surface area (TPSA) is 115 Å². The van der Waals surface area contributed by atoms with E-state index in [0.29, 0.717) is 11.5 Å². The number of nitrogens with zero attached hydrogens (tertiary/aromatic N) is 5. The van der Waals surface area contributed by atoms with E-state index >= 15 is 0 Å². The van der Waals surface area contributed by atoms with Crippen LogP contribution in [0, 0.1) is 17.0 Å². The van der Waals surface area contributed by atoms with E-state index in [1.807, 2.05) is 36.4 Å². The average Bonchev–Trinajstić information content (AvgIpc) is 2.78. The first-order valence-electron chi connectivity index (χ1n) is 9.27. The molecule has 0 radical (unpaired) electrons. The van der Waals surface area contributed by atoms with Crippen LogP contribution in [0.3, 0.4) is 0 Å². The second-order valence-electron chi connectivity index (χ2n) is 6.44. The van der Waals surface area contributed by atoms with Crippen LogP contribution in [0.4, 0.5) is 23.1 Å². The molecule has 3 rings (SSSR count). The van der Waals surface area contributed by atoms with Gasteiger partial charge >= 0.3 is 5.69 Å². The van der Waals surface area contributed by atoms with Gasteiger partial charge in [-0.15, -0.1) is 0 Å². The van der Waals surface area contributed by atoms with Crippen LogP contribution < -0.4 is 19.8 Å². The molecule has 0 aliphatic carbocycles. The first kappa shape index (κ1) is 21.5. The highest BCUT2D eigenvalue weighted by Crippen LogP contribution is 2.33. The SMILES string of the molecule is COc1ccc(C=NNc2nc(C)c([N+](=O)[O-])c(N(C)c3ccccc3)n2)cc1OC. The molecule has 0 aliphatic heterocycles. The smallest absolute Gasteiger partial charge is 0.333 e. The number of hydrogen-bond acceptors (Lipinski definition) is 9. The molecule has 1 N–H and O–H groups in total. The van der Waals surface area contributed by atoms with Gasteiger partial charge < -0.3 is 14.4 Å². The van der Waals surface area contributed by atoms with Crippen LogP contribution >= 0.6 is 0 Å². The summed E-state index contributed by atoms with van der Waals surface area (Å²) in [7, 11) is 4.82. The molecule has 0 amide bonds. The summed E-state index contributed by atoms with van der Waals surface area (Å²) in [6.45, 7) is 1.56. The summed E-state index contributed by atoms with van der Waals surface area (Å²) in [4.78, 5) is 21.3. The molecule has 0 spiro atoms.